The second kappa shape index (κ2) is 11.2. The zero-order chi connectivity index (χ0) is 11.4. The molecule has 4 nitrogen and oxygen atoms in total. The van der Waals surface area contributed by atoms with Crippen LogP contribution in [0.5, 0.6) is 0 Å². The third kappa shape index (κ3) is 11.1. The van der Waals surface area contributed by atoms with Crippen LogP contribution in [0.2, 0.25) is 0 Å². The van der Waals surface area contributed by atoms with Crippen LogP contribution in [0.25, 0.3) is 0 Å². The van der Waals surface area contributed by atoms with Gasteiger partial charge in [-0.3, -0.25) is 0 Å². The molecule has 0 rings (SSSR count). The predicted molar refractivity (Wildman–Crippen MR) is 66.3 cm³/mol. The van der Waals surface area contributed by atoms with E-state index in [0.717, 1.165) is 37.4 Å². The molecule has 0 aromatic heterocycles. The largest absolute Gasteiger partial charge is 0.409 e. The molecule has 0 bridgehead atoms. The molecule has 0 fully saturated rings. The van der Waals surface area contributed by atoms with Crippen LogP contribution >= 0.6 is 11.8 Å². The number of hydrogen-bond acceptors (Lipinski definition) is 4. The van der Waals surface area contributed by atoms with E-state index in [1.165, 1.54) is 0 Å². The second-order valence-electron chi connectivity index (χ2n) is 3.06. The molecule has 0 radical (unpaired) electrons. The number of unbranched alkanes of at least 4 members (excludes halogenated alkanes) is 1. The zero-order valence-electron chi connectivity index (χ0n) is 8.91. The van der Waals surface area contributed by atoms with Crippen LogP contribution < -0.4 is 11.1 Å². The molecule has 5 heteroatoms. The molecule has 15 heavy (non-hydrogen) atoms. The molecular formula is C10H19N3OS. The van der Waals surface area contributed by atoms with E-state index in [-0.39, 0.29) is 0 Å². The summed E-state index contributed by atoms with van der Waals surface area (Å²) in [5.74, 6) is 4.72. The van der Waals surface area contributed by atoms with E-state index in [2.05, 4.69) is 16.4 Å². The van der Waals surface area contributed by atoms with Gasteiger partial charge in [0, 0.05) is 18.7 Å². The van der Waals surface area contributed by atoms with Gasteiger partial charge in [0.1, 0.15) is 5.84 Å². The molecule has 0 saturated heterocycles. The molecule has 0 atom stereocenters. The van der Waals surface area contributed by atoms with Crippen molar-refractivity contribution in [2.45, 2.75) is 19.3 Å². The Bertz CT molecular complexity index is 213. The van der Waals surface area contributed by atoms with Crippen molar-refractivity contribution in [1.82, 2.24) is 5.32 Å². The second-order valence-corrected chi connectivity index (χ2v) is 4.16. The summed E-state index contributed by atoms with van der Waals surface area (Å²) in [6, 6.07) is 0. The molecule has 0 aromatic rings. The van der Waals surface area contributed by atoms with E-state index in [4.69, 9.17) is 17.4 Å². The summed E-state index contributed by atoms with van der Waals surface area (Å²) in [6.07, 6.45) is 7.76. The highest BCUT2D eigenvalue weighted by Gasteiger charge is 1.93. The number of nitrogens with one attached hydrogen (secondary N) is 1. The Hall–Kier alpha value is -0.860. The van der Waals surface area contributed by atoms with Crippen LogP contribution in [0.3, 0.4) is 0 Å². The van der Waals surface area contributed by atoms with Crippen LogP contribution in [0.15, 0.2) is 5.16 Å². The Morgan fingerprint density at radius 3 is 2.93 bits per heavy atom. The van der Waals surface area contributed by atoms with Gasteiger partial charge in [0.15, 0.2) is 0 Å². The Balaban J connectivity index is 3.03. The fraction of sp³-hybridized carbons (Fsp3) is 0.700. The number of nitrogens with zero attached hydrogens (tertiary/aromatic N) is 1. The van der Waals surface area contributed by atoms with Gasteiger partial charge >= 0.3 is 0 Å². The van der Waals surface area contributed by atoms with E-state index in [1.54, 1.807) is 11.8 Å². The number of terminal acetylenes is 1. The van der Waals surface area contributed by atoms with Gasteiger partial charge in [-0.15, -0.1) is 18.2 Å². The first-order valence-electron chi connectivity index (χ1n) is 4.99. The van der Waals surface area contributed by atoms with E-state index >= 15 is 0 Å². The smallest absolute Gasteiger partial charge is 0.139 e. The quantitative estimate of drug-likeness (QED) is 0.137. The lowest BCUT2D eigenvalue weighted by molar-refractivity contribution is 0.316. The number of nitrogens with two attached hydrogens (primary N) is 1. The van der Waals surface area contributed by atoms with E-state index in [0.29, 0.717) is 12.3 Å². The first-order chi connectivity index (χ1) is 7.31. The molecule has 0 saturated carbocycles. The van der Waals surface area contributed by atoms with Crippen molar-refractivity contribution >= 4 is 17.6 Å². The van der Waals surface area contributed by atoms with Crippen molar-refractivity contribution in [3.63, 3.8) is 0 Å². The maximum Gasteiger partial charge on any atom is 0.139 e. The van der Waals surface area contributed by atoms with Crippen molar-refractivity contribution in [3.8, 4) is 12.3 Å². The van der Waals surface area contributed by atoms with Crippen LogP contribution in [-0.2, 0) is 0 Å². The molecule has 0 heterocycles. The molecule has 0 aliphatic carbocycles. The average molecular weight is 229 g/mol. The van der Waals surface area contributed by atoms with Gasteiger partial charge < -0.3 is 16.3 Å². The standard InChI is InChI=1S/C10H19N3OS/c1-2-8-15-9-7-12-6-4-3-5-10(11)13-14/h1,12,14H,3-9H2,(H2,11,13). The highest BCUT2D eigenvalue weighted by atomic mass is 32.2. The van der Waals surface area contributed by atoms with Gasteiger partial charge in [0.25, 0.3) is 0 Å². The molecular weight excluding hydrogens is 210 g/mol. The van der Waals surface area contributed by atoms with Gasteiger partial charge in [-0.2, -0.15) is 0 Å². The molecule has 86 valence electrons. The van der Waals surface area contributed by atoms with Crippen LogP contribution in [0.4, 0.5) is 0 Å². The highest BCUT2D eigenvalue weighted by Crippen LogP contribution is 1.96. The molecule has 0 spiro atoms. The molecule has 0 aliphatic rings. The maximum atomic E-state index is 8.29. The van der Waals surface area contributed by atoms with Crippen molar-refractivity contribution in [2.75, 3.05) is 24.6 Å². The molecule has 0 amide bonds. The number of hydrogen-bond donors (Lipinski definition) is 3. The lowest BCUT2D eigenvalue weighted by atomic mass is 10.2. The number of rotatable bonds is 9. The molecule has 0 aliphatic heterocycles. The minimum Gasteiger partial charge on any atom is -0.409 e. The Morgan fingerprint density at radius 1 is 1.47 bits per heavy atom. The van der Waals surface area contributed by atoms with Crippen LogP contribution in [-0.4, -0.2) is 35.6 Å². The van der Waals surface area contributed by atoms with Gasteiger partial charge in [-0.1, -0.05) is 11.1 Å². The lowest BCUT2D eigenvalue weighted by Gasteiger charge is -2.03. The third-order valence-corrected chi connectivity index (χ3v) is 2.64. The first-order valence-corrected chi connectivity index (χ1v) is 6.15. The van der Waals surface area contributed by atoms with Crippen LogP contribution in [0, 0.1) is 12.3 Å². The summed E-state index contributed by atoms with van der Waals surface area (Å²) in [4.78, 5) is 0. The molecule has 0 unspecified atom stereocenters. The van der Waals surface area contributed by atoms with Crippen molar-refractivity contribution in [3.05, 3.63) is 0 Å². The number of thioether (sulfide) groups is 1. The summed E-state index contributed by atoms with van der Waals surface area (Å²) >= 11 is 1.75. The minimum absolute atomic E-state index is 0.305. The minimum atomic E-state index is 0.305. The Morgan fingerprint density at radius 2 is 2.27 bits per heavy atom. The average Bonchev–Trinajstić information content (AvgIpc) is 2.26. The van der Waals surface area contributed by atoms with Crippen molar-refractivity contribution < 1.29 is 5.21 Å². The van der Waals surface area contributed by atoms with Gasteiger partial charge in [-0.25, -0.2) is 0 Å². The van der Waals surface area contributed by atoms with E-state index < -0.39 is 0 Å². The van der Waals surface area contributed by atoms with Crippen LogP contribution in [0.1, 0.15) is 19.3 Å². The van der Waals surface area contributed by atoms with Gasteiger partial charge in [0.05, 0.1) is 5.75 Å². The Labute approximate surface area is 95.7 Å². The predicted octanol–water partition coefficient (Wildman–Crippen LogP) is 0.859. The van der Waals surface area contributed by atoms with E-state index in [1.807, 2.05) is 0 Å². The summed E-state index contributed by atoms with van der Waals surface area (Å²) in [5, 5.41) is 14.5. The van der Waals surface area contributed by atoms with Crippen molar-refractivity contribution in [1.29, 1.82) is 0 Å². The monoisotopic (exact) mass is 229 g/mol. The summed E-state index contributed by atoms with van der Waals surface area (Å²) in [6.45, 7) is 1.95. The summed E-state index contributed by atoms with van der Waals surface area (Å²) < 4.78 is 0. The first kappa shape index (κ1) is 14.1. The molecule has 0 aromatic carbocycles. The fourth-order valence-electron chi connectivity index (χ4n) is 1.01. The van der Waals surface area contributed by atoms with E-state index in [9.17, 15) is 0 Å². The maximum absolute atomic E-state index is 8.29. The van der Waals surface area contributed by atoms with Gasteiger partial charge in [-0.05, 0) is 19.4 Å². The number of oxime groups is 1. The summed E-state index contributed by atoms with van der Waals surface area (Å²) in [7, 11) is 0. The lowest BCUT2D eigenvalue weighted by Crippen LogP contribution is -2.19. The third-order valence-electron chi connectivity index (χ3n) is 1.77. The topological polar surface area (TPSA) is 70.6 Å². The molecule has 4 N–H and O–H groups in total. The zero-order valence-corrected chi connectivity index (χ0v) is 9.72. The van der Waals surface area contributed by atoms with Gasteiger partial charge in [0.2, 0.25) is 0 Å². The van der Waals surface area contributed by atoms with Crippen molar-refractivity contribution in [2.24, 2.45) is 10.9 Å². The summed E-state index contributed by atoms with van der Waals surface area (Å²) in [5.41, 5.74) is 5.33. The Kier molecular flexibility index (Phi) is 10.6. The SMILES string of the molecule is C#CCSCCNCCCCC(N)=NO. The number of amidine groups is 1. The highest BCUT2D eigenvalue weighted by molar-refractivity contribution is 7.99. The fourth-order valence-corrected chi connectivity index (χ4v) is 1.56. The normalized spacial score (nSPS) is 11.3.